The summed E-state index contributed by atoms with van der Waals surface area (Å²) in [7, 11) is 0. The predicted octanol–water partition coefficient (Wildman–Crippen LogP) is -0.291. The summed E-state index contributed by atoms with van der Waals surface area (Å²) in [5.74, 6) is -2.51. The molecule has 0 saturated carbocycles. The Morgan fingerprint density at radius 1 is 1.00 bits per heavy atom. The summed E-state index contributed by atoms with van der Waals surface area (Å²) in [4.78, 5) is 19.1. The average molecular weight is 212 g/mol. The van der Waals surface area contributed by atoms with E-state index in [1.54, 1.807) is 0 Å². The summed E-state index contributed by atoms with van der Waals surface area (Å²) in [6, 6.07) is 0. The molecule has 0 aromatic rings. The fourth-order valence-electron chi connectivity index (χ4n) is 0.143. The molecule has 0 unspecified atom stereocenters. The van der Waals surface area contributed by atoms with Gasteiger partial charge < -0.3 is 10.2 Å². The van der Waals surface area contributed by atoms with Crippen molar-refractivity contribution in [2.45, 2.75) is 0 Å². The maximum atomic E-state index is 9.55. The molecule has 0 rings (SSSR count). The van der Waals surface area contributed by atoms with E-state index < -0.39 is 11.9 Å². The van der Waals surface area contributed by atoms with Crippen LogP contribution in [0.15, 0.2) is 12.2 Å². The molecule has 0 amide bonds. The molecule has 50 valence electrons. The van der Waals surface area contributed by atoms with Crippen LogP contribution in [0.1, 0.15) is 0 Å². The molecule has 2 N–H and O–H groups in total. The molecular formula is C4H4MoO4. The number of hydrogen-bond acceptors (Lipinski definition) is 2. The Labute approximate surface area is 65.4 Å². The number of rotatable bonds is 2. The van der Waals surface area contributed by atoms with Crippen molar-refractivity contribution in [3.05, 3.63) is 12.2 Å². The van der Waals surface area contributed by atoms with Crippen LogP contribution < -0.4 is 0 Å². The molecule has 0 aromatic heterocycles. The first-order chi connectivity index (χ1) is 3.63. The molecule has 0 spiro atoms. The summed E-state index contributed by atoms with van der Waals surface area (Å²) in [6.45, 7) is 0. The standard InChI is InChI=1S/C4H4O4.Mo/c5-3(6)1-2-4(7)8;/h1-2H,(H,5,6)(H,7,8);/b2-1+;. The van der Waals surface area contributed by atoms with Gasteiger partial charge in [-0.2, -0.15) is 0 Å². The van der Waals surface area contributed by atoms with E-state index in [2.05, 4.69) is 0 Å². The van der Waals surface area contributed by atoms with Crippen molar-refractivity contribution in [2.75, 3.05) is 0 Å². The van der Waals surface area contributed by atoms with Crippen LogP contribution in [-0.4, -0.2) is 22.2 Å². The summed E-state index contributed by atoms with van der Waals surface area (Å²) in [6.07, 6.45) is 1.12. The minimum atomic E-state index is -1.26. The third kappa shape index (κ3) is 11.1. The first-order valence-corrected chi connectivity index (χ1v) is 1.77. The SMILES string of the molecule is O=C(O)/C=C/C(=O)O.[Mo]. The average Bonchev–Trinajstić information content (AvgIpc) is 1.61. The molecule has 0 heterocycles. The zero-order valence-electron chi connectivity index (χ0n) is 4.27. The Hall–Kier alpha value is -0.632. The first kappa shape index (κ1) is 11.2. The second-order valence-corrected chi connectivity index (χ2v) is 1.01. The van der Waals surface area contributed by atoms with Crippen molar-refractivity contribution < 1.29 is 40.9 Å². The predicted molar refractivity (Wildman–Crippen MR) is 24.4 cm³/mol. The van der Waals surface area contributed by atoms with E-state index in [4.69, 9.17) is 10.2 Å². The molecule has 0 aromatic carbocycles. The van der Waals surface area contributed by atoms with Crippen LogP contribution in [0, 0.1) is 0 Å². The van der Waals surface area contributed by atoms with Gasteiger partial charge in [-0.05, 0) is 0 Å². The molecule has 0 radical (unpaired) electrons. The van der Waals surface area contributed by atoms with Gasteiger partial charge in [0.2, 0.25) is 0 Å². The molecule has 0 aliphatic heterocycles. The smallest absolute Gasteiger partial charge is 0.328 e. The molecule has 5 heteroatoms. The number of carbonyl (C=O) groups is 2. The molecule has 0 fully saturated rings. The normalized spacial score (nSPS) is 8.44. The van der Waals surface area contributed by atoms with Gasteiger partial charge in [0.15, 0.2) is 0 Å². The van der Waals surface area contributed by atoms with Gasteiger partial charge in [-0.3, -0.25) is 0 Å². The van der Waals surface area contributed by atoms with Gasteiger partial charge in [0.25, 0.3) is 0 Å². The summed E-state index contributed by atoms with van der Waals surface area (Å²) in [5, 5.41) is 15.6. The number of carboxylic acid groups (broad SMARTS) is 2. The maximum Gasteiger partial charge on any atom is 0.328 e. The van der Waals surface area contributed by atoms with E-state index in [9.17, 15) is 9.59 Å². The Kier molecular flexibility index (Phi) is 6.85. The molecule has 9 heavy (non-hydrogen) atoms. The van der Waals surface area contributed by atoms with Crippen molar-refractivity contribution in [1.82, 2.24) is 0 Å². The fraction of sp³-hybridized carbons (Fsp3) is 0. The van der Waals surface area contributed by atoms with Crippen LogP contribution in [0.5, 0.6) is 0 Å². The minimum Gasteiger partial charge on any atom is -0.478 e. The third-order valence-electron chi connectivity index (χ3n) is 0.368. The van der Waals surface area contributed by atoms with E-state index in [0.717, 1.165) is 0 Å². The Balaban J connectivity index is 0. The Morgan fingerprint density at radius 2 is 1.22 bits per heavy atom. The number of aliphatic carboxylic acids is 2. The van der Waals surface area contributed by atoms with E-state index in [0.29, 0.717) is 12.2 Å². The largest absolute Gasteiger partial charge is 0.478 e. The van der Waals surface area contributed by atoms with Crippen molar-refractivity contribution in [3.63, 3.8) is 0 Å². The van der Waals surface area contributed by atoms with Crippen molar-refractivity contribution >= 4 is 11.9 Å². The van der Waals surface area contributed by atoms with Crippen molar-refractivity contribution in [3.8, 4) is 0 Å². The van der Waals surface area contributed by atoms with Gasteiger partial charge >= 0.3 is 11.9 Å². The summed E-state index contributed by atoms with van der Waals surface area (Å²) in [5.41, 5.74) is 0. The van der Waals surface area contributed by atoms with E-state index in [1.165, 1.54) is 0 Å². The molecule has 0 aliphatic rings. The quantitative estimate of drug-likeness (QED) is 0.487. The van der Waals surface area contributed by atoms with Crippen LogP contribution in [0.3, 0.4) is 0 Å². The van der Waals surface area contributed by atoms with Gasteiger partial charge in [-0.15, -0.1) is 0 Å². The van der Waals surface area contributed by atoms with E-state index in [1.807, 2.05) is 0 Å². The van der Waals surface area contributed by atoms with Gasteiger partial charge in [-0.1, -0.05) is 0 Å². The van der Waals surface area contributed by atoms with Crippen molar-refractivity contribution in [2.24, 2.45) is 0 Å². The monoisotopic (exact) mass is 214 g/mol. The van der Waals surface area contributed by atoms with Gasteiger partial charge in [0, 0.05) is 33.2 Å². The summed E-state index contributed by atoms with van der Waals surface area (Å²) < 4.78 is 0. The molecular weight excluding hydrogens is 208 g/mol. The fourth-order valence-corrected chi connectivity index (χ4v) is 0.143. The number of hydrogen-bond donors (Lipinski definition) is 2. The topological polar surface area (TPSA) is 74.6 Å². The van der Waals surface area contributed by atoms with Crippen molar-refractivity contribution in [1.29, 1.82) is 0 Å². The van der Waals surface area contributed by atoms with Crippen LogP contribution in [-0.2, 0) is 30.7 Å². The zero-order chi connectivity index (χ0) is 6.57. The minimum absolute atomic E-state index is 0. The molecule has 4 nitrogen and oxygen atoms in total. The molecule has 0 aliphatic carbocycles. The number of carboxylic acids is 2. The van der Waals surface area contributed by atoms with Crippen LogP contribution in [0.25, 0.3) is 0 Å². The Morgan fingerprint density at radius 3 is 1.33 bits per heavy atom. The molecule has 0 atom stereocenters. The Bertz CT molecular complexity index is 124. The second-order valence-electron chi connectivity index (χ2n) is 1.01. The van der Waals surface area contributed by atoms with Gasteiger partial charge in [0.05, 0.1) is 0 Å². The zero-order valence-corrected chi connectivity index (χ0v) is 6.28. The first-order valence-electron chi connectivity index (χ1n) is 1.77. The van der Waals surface area contributed by atoms with Gasteiger partial charge in [-0.25, -0.2) is 9.59 Å². The molecule has 0 bridgehead atoms. The van der Waals surface area contributed by atoms with Crippen LogP contribution >= 0.6 is 0 Å². The van der Waals surface area contributed by atoms with Crippen LogP contribution in [0.4, 0.5) is 0 Å². The molecule has 0 saturated heterocycles. The van der Waals surface area contributed by atoms with Crippen LogP contribution in [0.2, 0.25) is 0 Å². The maximum absolute atomic E-state index is 9.55. The van der Waals surface area contributed by atoms with E-state index >= 15 is 0 Å². The van der Waals surface area contributed by atoms with Gasteiger partial charge in [0.1, 0.15) is 0 Å². The van der Waals surface area contributed by atoms with E-state index in [-0.39, 0.29) is 21.1 Å². The summed E-state index contributed by atoms with van der Waals surface area (Å²) >= 11 is 0. The second kappa shape index (κ2) is 5.50. The third-order valence-corrected chi connectivity index (χ3v) is 0.368.